The van der Waals surface area contributed by atoms with Gasteiger partial charge in [0.05, 0.1) is 30.9 Å². The van der Waals surface area contributed by atoms with E-state index in [1.54, 1.807) is 19.1 Å². The van der Waals surface area contributed by atoms with Crippen LogP contribution in [0.15, 0.2) is 66.7 Å². The molecule has 1 saturated heterocycles. The third-order valence-electron chi connectivity index (χ3n) is 6.27. The van der Waals surface area contributed by atoms with Gasteiger partial charge in [0, 0.05) is 31.5 Å². The molecule has 168 valence electrons. The predicted octanol–water partition coefficient (Wildman–Crippen LogP) is 4.93. The van der Waals surface area contributed by atoms with E-state index in [-0.39, 0.29) is 11.8 Å². The fraction of sp³-hybridized carbons (Fsp3) is 0.259. The molecule has 1 aromatic heterocycles. The molecule has 2 heterocycles. The summed E-state index contributed by atoms with van der Waals surface area (Å²) in [5.41, 5.74) is 5.20. The van der Waals surface area contributed by atoms with E-state index in [4.69, 9.17) is 14.5 Å². The van der Waals surface area contributed by atoms with Crippen LogP contribution < -0.4 is 14.4 Å². The Bertz CT molecular complexity index is 1330. The zero-order valence-corrected chi connectivity index (χ0v) is 19.1. The van der Waals surface area contributed by atoms with Crippen molar-refractivity contribution in [2.75, 3.05) is 25.7 Å². The lowest BCUT2D eigenvalue weighted by Crippen LogP contribution is -2.25. The first-order valence-corrected chi connectivity index (χ1v) is 11.1. The number of hydrogen-bond acceptors (Lipinski definition) is 4. The highest BCUT2D eigenvalue weighted by atomic mass is 16.5. The Morgan fingerprint density at radius 2 is 1.85 bits per heavy atom. The van der Waals surface area contributed by atoms with Gasteiger partial charge in [-0.25, -0.2) is 4.98 Å². The lowest BCUT2D eigenvalue weighted by atomic mass is 10.1. The summed E-state index contributed by atoms with van der Waals surface area (Å²) in [4.78, 5) is 19.9. The number of methoxy groups -OCH3 is 2. The maximum atomic E-state index is 13.1. The molecule has 1 atom stereocenters. The van der Waals surface area contributed by atoms with Gasteiger partial charge in [-0.15, -0.1) is 0 Å². The monoisotopic (exact) mass is 441 g/mol. The van der Waals surface area contributed by atoms with Gasteiger partial charge in [0.1, 0.15) is 17.3 Å². The minimum atomic E-state index is -0.0226. The topological polar surface area (TPSA) is 56.6 Å². The Labute approximate surface area is 193 Å². The number of rotatable bonds is 6. The zero-order valence-electron chi connectivity index (χ0n) is 19.1. The number of fused-ring (bicyclic) bond motifs is 1. The second-order valence-corrected chi connectivity index (χ2v) is 8.48. The summed E-state index contributed by atoms with van der Waals surface area (Å²) in [5.74, 6) is 2.31. The van der Waals surface area contributed by atoms with Crippen LogP contribution in [-0.2, 0) is 11.3 Å². The second kappa shape index (κ2) is 8.62. The number of nitrogens with zero attached hydrogens (tertiary/aromatic N) is 3. The van der Waals surface area contributed by atoms with E-state index in [0.717, 1.165) is 22.5 Å². The molecule has 6 nitrogen and oxygen atoms in total. The number of carbonyl (C=O) groups is 1. The third-order valence-corrected chi connectivity index (χ3v) is 6.27. The van der Waals surface area contributed by atoms with E-state index in [1.807, 2.05) is 36.4 Å². The van der Waals surface area contributed by atoms with Crippen molar-refractivity contribution in [2.24, 2.45) is 0 Å². The Hall–Kier alpha value is -3.80. The highest BCUT2D eigenvalue weighted by Gasteiger charge is 2.36. The molecule has 6 heteroatoms. The number of aryl methyl sites for hydroxylation is 1. The van der Waals surface area contributed by atoms with Crippen LogP contribution in [0.1, 0.15) is 29.3 Å². The molecule has 1 unspecified atom stereocenters. The van der Waals surface area contributed by atoms with E-state index in [0.29, 0.717) is 31.0 Å². The lowest BCUT2D eigenvalue weighted by molar-refractivity contribution is -0.117. The van der Waals surface area contributed by atoms with Crippen molar-refractivity contribution in [1.82, 2.24) is 9.55 Å². The Morgan fingerprint density at radius 3 is 2.64 bits per heavy atom. The van der Waals surface area contributed by atoms with Gasteiger partial charge in [0.2, 0.25) is 5.91 Å². The van der Waals surface area contributed by atoms with Gasteiger partial charge >= 0.3 is 0 Å². The summed E-state index contributed by atoms with van der Waals surface area (Å²) in [6.07, 6.45) is 0.400. The van der Waals surface area contributed by atoms with E-state index < -0.39 is 0 Å². The van der Waals surface area contributed by atoms with Crippen molar-refractivity contribution >= 4 is 22.6 Å². The summed E-state index contributed by atoms with van der Waals surface area (Å²) >= 11 is 0. The van der Waals surface area contributed by atoms with Crippen molar-refractivity contribution in [3.8, 4) is 11.5 Å². The number of imidazole rings is 1. The van der Waals surface area contributed by atoms with Crippen LogP contribution in [0.2, 0.25) is 0 Å². The van der Waals surface area contributed by atoms with Gasteiger partial charge in [-0.2, -0.15) is 0 Å². The van der Waals surface area contributed by atoms with Crippen LogP contribution in [0.4, 0.5) is 5.69 Å². The van der Waals surface area contributed by atoms with E-state index in [2.05, 4.69) is 41.8 Å². The summed E-state index contributed by atoms with van der Waals surface area (Å²) in [6.45, 7) is 3.36. The van der Waals surface area contributed by atoms with Crippen LogP contribution in [0, 0.1) is 6.92 Å². The van der Waals surface area contributed by atoms with Crippen LogP contribution in [0.3, 0.4) is 0 Å². The number of para-hydroxylation sites is 2. The van der Waals surface area contributed by atoms with Crippen molar-refractivity contribution in [1.29, 1.82) is 0 Å². The maximum absolute atomic E-state index is 13.1. The first-order valence-electron chi connectivity index (χ1n) is 11.1. The Morgan fingerprint density at radius 1 is 1.00 bits per heavy atom. The molecule has 0 bridgehead atoms. The minimum Gasteiger partial charge on any atom is -0.497 e. The number of amides is 1. The smallest absolute Gasteiger partial charge is 0.227 e. The van der Waals surface area contributed by atoms with Gasteiger partial charge in [-0.1, -0.05) is 42.0 Å². The SMILES string of the molecule is COc1ccc(OC)c(N2CC(c3nc4ccccc4n3Cc3cccc(C)c3)CC2=O)c1. The molecule has 33 heavy (non-hydrogen) atoms. The first-order chi connectivity index (χ1) is 16.1. The number of carbonyl (C=O) groups excluding carboxylic acids is 1. The summed E-state index contributed by atoms with van der Waals surface area (Å²) in [5, 5.41) is 0. The number of ether oxygens (including phenoxy) is 2. The van der Waals surface area contributed by atoms with Gasteiger partial charge in [0.25, 0.3) is 0 Å². The summed E-state index contributed by atoms with van der Waals surface area (Å²) in [7, 11) is 3.23. The van der Waals surface area contributed by atoms with Gasteiger partial charge < -0.3 is 18.9 Å². The molecular weight excluding hydrogens is 414 g/mol. The predicted molar refractivity (Wildman–Crippen MR) is 129 cm³/mol. The van der Waals surface area contributed by atoms with Crippen LogP contribution in [0.5, 0.6) is 11.5 Å². The minimum absolute atomic E-state index is 0.0226. The molecule has 1 aliphatic rings. The first kappa shape index (κ1) is 21.1. The molecule has 4 aromatic rings. The Balaban J connectivity index is 1.53. The fourth-order valence-corrected chi connectivity index (χ4v) is 4.69. The standard InChI is InChI=1S/C27H27N3O3/c1-18-7-6-8-19(13-18)16-30-23-10-5-4-9-22(23)28-27(30)20-14-26(31)29(17-20)24-15-21(32-2)11-12-25(24)33-3/h4-13,15,20H,14,16-17H2,1-3H3. The number of aromatic nitrogens is 2. The maximum Gasteiger partial charge on any atom is 0.227 e. The normalized spacial score (nSPS) is 15.9. The van der Waals surface area contributed by atoms with E-state index in [9.17, 15) is 4.79 Å². The average Bonchev–Trinajstić information content (AvgIpc) is 3.39. The lowest BCUT2D eigenvalue weighted by Gasteiger charge is -2.20. The molecule has 1 amide bonds. The number of anilines is 1. The van der Waals surface area contributed by atoms with Gasteiger partial charge in [-0.3, -0.25) is 4.79 Å². The highest BCUT2D eigenvalue weighted by Crippen LogP contribution is 2.39. The van der Waals surface area contributed by atoms with Gasteiger partial charge in [0.15, 0.2) is 0 Å². The van der Waals surface area contributed by atoms with E-state index >= 15 is 0 Å². The van der Waals surface area contributed by atoms with Crippen molar-refractivity contribution in [3.63, 3.8) is 0 Å². The molecule has 0 spiro atoms. The van der Waals surface area contributed by atoms with Crippen molar-refractivity contribution in [2.45, 2.75) is 25.8 Å². The van der Waals surface area contributed by atoms with Crippen molar-refractivity contribution in [3.05, 3.63) is 83.7 Å². The quantitative estimate of drug-likeness (QED) is 0.426. The average molecular weight is 442 g/mol. The van der Waals surface area contributed by atoms with Crippen LogP contribution in [0.25, 0.3) is 11.0 Å². The van der Waals surface area contributed by atoms with Crippen LogP contribution in [-0.4, -0.2) is 36.2 Å². The molecule has 0 N–H and O–H groups in total. The zero-order chi connectivity index (χ0) is 22.9. The fourth-order valence-electron chi connectivity index (χ4n) is 4.69. The van der Waals surface area contributed by atoms with E-state index in [1.165, 1.54) is 11.1 Å². The third kappa shape index (κ3) is 3.93. The molecular formula is C27H27N3O3. The molecule has 1 fully saturated rings. The van der Waals surface area contributed by atoms with Crippen LogP contribution >= 0.6 is 0 Å². The molecule has 1 aliphatic heterocycles. The summed E-state index contributed by atoms with van der Waals surface area (Å²) < 4.78 is 13.2. The highest BCUT2D eigenvalue weighted by molar-refractivity contribution is 5.98. The number of benzene rings is 3. The molecule has 5 rings (SSSR count). The van der Waals surface area contributed by atoms with Crippen molar-refractivity contribution < 1.29 is 14.3 Å². The Kier molecular flexibility index (Phi) is 5.50. The largest absolute Gasteiger partial charge is 0.497 e. The molecule has 0 aliphatic carbocycles. The second-order valence-electron chi connectivity index (χ2n) is 8.48. The summed E-state index contributed by atoms with van der Waals surface area (Å²) in [6, 6.07) is 22.2. The molecule has 0 saturated carbocycles. The molecule has 0 radical (unpaired) electrons. The number of hydrogen-bond donors (Lipinski definition) is 0. The molecule has 3 aromatic carbocycles. The van der Waals surface area contributed by atoms with Gasteiger partial charge in [-0.05, 0) is 36.8 Å².